The first-order valence-electron chi connectivity index (χ1n) is 13.4. The molecular formula is C32H26BrN7O. The van der Waals surface area contributed by atoms with E-state index in [1.54, 1.807) is 6.20 Å². The summed E-state index contributed by atoms with van der Waals surface area (Å²) in [5, 5.41) is 8.48. The quantitative estimate of drug-likeness (QED) is 0.224. The van der Waals surface area contributed by atoms with E-state index in [0.717, 1.165) is 49.9 Å². The predicted octanol–water partition coefficient (Wildman–Crippen LogP) is 7.53. The maximum Gasteiger partial charge on any atom is 0.179 e. The molecule has 0 aliphatic carbocycles. The molecule has 1 N–H and O–H groups in total. The van der Waals surface area contributed by atoms with Crippen molar-refractivity contribution in [3.05, 3.63) is 118 Å². The van der Waals surface area contributed by atoms with E-state index >= 15 is 0 Å². The summed E-state index contributed by atoms with van der Waals surface area (Å²) in [6, 6.07) is 30.0. The summed E-state index contributed by atoms with van der Waals surface area (Å²) in [5.41, 5.74) is 5.73. The van der Waals surface area contributed by atoms with E-state index in [2.05, 4.69) is 55.4 Å². The van der Waals surface area contributed by atoms with Crippen molar-refractivity contribution in [3.63, 3.8) is 0 Å². The number of aliphatic imine (C=N–C) groups is 2. The first-order chi connectivity index (χ1) is 20.1. The molecule has 0 saturated carbocycles. The first kappa shape index (κ1) is 25.2. The molecule has 0 spiro atoms. The lowest BCUT2D eigenvalue weighted by molar-refractivity contribution is 0.340. The normalized spacial score (nSPS) is 15.3. The van der Waals surface area contributed by atoms with Crippen LogP contribution in [0.4, 0.5) is 22.9 Å². The zero-order valence-electron chi connectivity index (χ0n) is 22.5. The van der Waals surface area contributed by atoms with Gasteiger partial charge in [0.1, 0.15) is 5.75 Å². The van der Waals surface area contributed by atoms with Crippen molar-refractivity contribution in [2.45, 2.75) is 19.9 Å². The highest BCUT2D eigenvalue weighted by Crippen LogP contribution is 2.48. The van der Waals surface area contributed by atoms with Gasteiger partial charge in [-0.2, -0.15) is 9.78 Å². The smallest absolute Gasteiger partial charge is 0.179 e. The number of nitrogens with one attached hydrogen (secondary N) is 1. The lowest BCUT2D eigenvalue weighted by atomic mass is 9.93. The molecule has 2 aromatic heterocycles. The van der Waals surface area contributed by atoms with Gasteiger partial charge in [0, 0.05) is 21.9 Å². The predicted molar refractivity (Wildman–Crippen MR) is 166 cm³/mol. The molecule has 5 aromatic rings. The van der Waals surface area contributed by atoms with Crippen molar-refractivity contribution in [3.8, 4) is 11.6 Å². The largest absolute Gasteiger partial charge is 0.494 e. The molecule has 0 fully saturated rings. The standard InChI is InChI=1S/C32H26BrN7O/c1-3-41-24-16-14-23(15-17-24)35-30-32-37-31-28(20(2)38-40(31)27-13-6-7-18-34-27)29(21-9-8-10-22(33)19-21)39(32)26-12-5-4-11-25(26)36-30/h4-19,29H,3H2,1-2H3,(H,35,36)/t29-/m1/s1. The number of benzene rings is 3. The molecular weight excluding hydrogens is 578 g/mol. The first-order valence-corrected chi connectivity index (χ1v) is 14.2. The second-order valence-electron chi connectivity index (χ2n) is 9.72. The van der Waals surface area contributed by atoms with Gasteiger partial charge in [-0.25, -0.2) is 15.0 Å². The van der Waals surface area contributed by atoms with E-state index < -0.39 is 0 Å². The third-order valence-electron chi connectivity index (χ3n) is 7.10. The van der Waals surface area contributed by atoms with E-state index in [0.29, 0.717) is 24.1 Å². The molecule has 0 unspecified atom stereocenters. The minimum Gasteiger partial charge on any atom is -0.494 e. The zero-order valence-corrected chi connectivity index (χ0v) is 24.1. The molecule has 0 saturated heterocycles. The molecule has 8 nitrogen and oxygen atoms in total. The van der Waals surface area contributed by atoms with Crippen LogP contribution < -0.4 is 15.0 Å². The number of pyridine rings is 1. The molecule has 4 heterocycles. The van der Waals surface area contributed by atoms with E-state index in [1.807, 2.05) is 85.3 Å². The number of amidine groups is 2. The van der Waals surface area contributed by atoms with Crippen LogP contribution in [-0.4, -0.2) is 33.0 Å². The van der Waals surface area contributed by atoms with Crippen LogP contribution in [0.25, 0.3) is 5.82 Å². The highest BCUT2D eigenvalue weighted by atomic mass is 79.9. The van der Waals surface area contributed by atoms with E-state index in [4.69, 9.17) is 19.8 Å². The lowest BCUT2D eigenvalue weighted by Gasteiger charge is -2.40. The Hall–Kier alpha value is -4.76. The van der Waals surface area contributed by atoms with Crippen molar-refractivity contribution < 1.29 is 4.74 Å². The van der Waals surface area contributed by atoms with Gasteiger partial charge >= 0.3 is 0 Å². The molecule has 9 heteroatoms. The number of para-hydroxylation sites is 2. The fourth-order valence-electron chi connectivity index (χ4n) is 5.37. The number of hydrogen-bond donors (Lipinski definition) is 1. The molecule has 7 rings (SSSR count). The van der Waals surface area contributed by atoms with Gasteiger partial charge in [-0.15, -0.1) is 0 Å². The van der Waals surface area contributed by atoms with Crippen molar-refractivity contribution in [2.24, 2.45) is 9.98 Å². The van der Waals surface area contributed by atoms with E-state index in [1.165, 1.54) is 0 Å². The summed E-state index contributed by atoms with van der Waals surface area (Å²) < 4.78 is 8.47. The Morgan fingerprint density at radius 3 is 2.54 bits per heavy atom. The van der Waals surface area contributed by atoms with Crippen LogP contribution in [0, 0.1) is 6.92 Å². The van der Waals surface area contributed by atoms with E-state index in [9.17, 15) is 0 Å². The summed E-state index contributed by atoms with van der Waals surface area (Å²) in [6.07, 6.45) is 1.77. The maximum absolute atomic E-state index is 5.64. The number of rotatable bonds is 5. The Morgan fingerprint density at radius 2 is 1.76 bits per heavy atom. The molecule has 1 atom stereocenters. The highest BCUT2D eigenvalue weighted by molar-refractivity contribution is 9.10. The second-order valence-corrected chi connectivity index (χ2v) is 10.6. The minimum absolute atomic E-state index is 0.207. The van der Waals surface area contributed by atoms with Crippen LogP contribution in [0.3, 0.4) is 0 Å². The third kappa shape index (κ3) is 4.48. The summed E-state index contributed by atoms with van der Waals surface area (Å²) in [6.45, 7) is 4.63. The van der Waals surface area contributed by atoms with Gasteiger partial charge in [-0.3, -0.25) is 0 Å². The SMILES string of the molecule is CCOc1ccc(NC2=Nc3ccccc3N3C2=Nc2c(c(C)nn2-c2ccccn2)[C@H]3c2cccc(Br)c2)cc1. The topological polar surface area (TPSA) is 79.9 Å². The summed E-state index contributed by atoms with van der Waals surface area (Å²) in [7, 11) is 0. The number of halogens is 1. The number of anilines is 2. The molecule has 41 heavy (non-hydrogen) atoms. The molecule has 0 amide bonds. The molecule has 2 aliphatic heterocycles. The molecule has 0 bridgehead atoms. The molecule has 3 aromatic carbocycles. The fraction of sp³-hybridized carbons (Fsp3) is 0.125. The number of fused-ring (bicyclic) bond motifs is 4. The monoisotopic (exact) mass is 603 g/mol. The van der Waals surface area contributed by atoms with Gasteiger partial charge < -0.3 is 15.0 Å². The second kappa shape index (κ2) is 10.3. The Bertz CT molecular complexity index is 1810. The van der Waals surface area contributed by atoms with Crippen molar-refractivity contribution in [1.29, 1.82) is 0 Å². The number of hydrogen-bond acceptors (Lipinski definition) is 7. The van der Waals surface area contributed by atoms with Gasteiger partial charge in [0.25, 0.3) is 0 Å². The number of aryl methyl sites for hydroxylation is 1. The Labute approximate surface area is 246 Å². The number of aromatic nitrogens is 3. The van der Waals surface area contributed by atoms with Crippen LogP contribution in [0.2, 0.25) is 0 Å². The Morgan fingerprint density at radius 1 is 0.927 bits per heavy atom. The average Bonchev–Trinajstić information content (AvgIpc) is 3.33. The maximum atomic E-state index is 5.64. The van der Waals surface area contributed by atoms with Crippen molar-refractivity contribution >= 4 is 50.5 Å². The van der Waals surface area contributed by atoms with Crippen LogP contribution in [0.15, 0.2) is 112 Å². The minimum atomic E-state index is -0.207. The van der Waals surface area contributed by atoms with Crippen molar-refractivity contribution in [2.75, 3.05) is 16.8 Å². The van der Waals surface area contributed by atoms with Crippen LogP contribution in [0.5, 0.6) is 5.75 Å². The number of ether oxygens (including phenoxy) is 1. The van der Waals surface area contributed by atoms with Gasteiger partial charge in [-0.1, -0.05) is 46.3 Å². The summed E-state index contributed by atoms with van der Waals surface area (Å²) >= 11 is 3.70. The van der Waals surface area contributed by atoms with Gasteiger partial charge in [-0.05, 0) is 80.1 Å². The van der Waals surface area contributed by atoms with Crippen molar-refractivity contribution in [1.82, 2.24) is 14.8 Å². The zero-order chi connectivity index (χ0) is 27.9. The van der Waals surface area contributed by atoms with Gasteiger partial charge in [0.2, 0.25) is 0 Å². The van der Waals surface area contributed by atoms with Crippen LogP contribution in [-0.2, 0) is 0 Å². The van der Waals surface area contributed by atoms with Gasteiger partial charge in [0.15, 0.2) is 23.3 Å². The lowest BCUT2D eigenvalue weighted by Crippen LogP contribution is -2.46. The van der Waals surface area contributed by atoms with Crippen LogP contribution >= 0.6 is 15.9 Å². The average molecular weight is 605 g/mol. The molecule has 202 valence electrons. The molecule has 0 radical (unpaired) electrons. The summed E-state index contributed by atoms with van der Waals surface area (Å²) in [4.78, 5) is 17.2. The Balaban J connectivity index is 1.45. The van der Waals surface area contributed by atoms with E-state index in [-0.39, 0.29) is 6.04 Å². The third-order valence-corrected chi connectivity index (χ3v) is 7.59. The van der Waals surface area contributed by atoms with Crippen LogP contribution in [0.1, 0.15) is 29.8 Å². The summed E-state index contributed by atoms with van der Waals surface area (Å²) in [5.74, 6) is 3.60. The molecule has 2 aliphatic rings. The number of nitrogens with zero attached hydrogens (tertiary/aromatic N) is 6. The van der Waals surface area contributed by atoms with Gasteiger partial charge in [0.05, 0.1) is 29.7 Å². The fourth-order valence-corrected chi connectivity index (χ4v) is 5.78. The highest BCUT2D eigenvalue weighted by Gasteiger charge is 2.41. The Kier molecular flexibility index (Phi) is 6.36.